The molecule has 0 saturated heterocycles. The van der Waals surface area contributed by atoms with Gasteiger partial charge in [0.25, 0.3) is 0 Å². The van der Waals surface area contributed by atoms with E-state index in [1.807, 2.05) is 0 Å². The van der Waals surface area contributed by atoms with Gasteiger partial charge in [-0.05, 0) is 19.3 Å². The van der Waals surface area contributed by atoms with E-state index in [9.17, 15) is 18.6 Å². The molecule has 0 aliphatic carbocycles. The maximum atomic E-state index is 10.8. The van der Waals surface area contributed by atoms with Gasteiger partial charge in [-0.1, -0.05) is 104 Å². The van der Waals surface area contributed by atoms with Crippen LogP contribution in [0.15, 0.2) is 0 Å². The van der Waals surface area contributed by atoms with E-state index >= 15 is 0 Å². The molecule has 4 unspecified atom stereocenters. The zero-order valence-electron chi connectivity index (χ0n) is 24.8. The second-order valence-electron chi connectivity index (χ2n) is 10.2. The fraction of sp³-hybridized carbons (Fsp3) is 1.00. The summed E-state index contributed by atoms with van der Waals surface area (Å²) in [5, 5.41) is 19.0. The molecule has 0 rings (SSSR count). The van der Waals surface area contributed by atoms with E-state index < -0.39 is 33.8 Å². The van der Waals surface area contributed by atoms with Crippen molar-refractivity contribution in [3.8, 4) is 0 Å². The predicted octanol–water partition coefficient (Wildman–Crippen LogP) is 6.16. The summed E-state index contributed by atoms with van der Waals surface area (Å²) in [6, 6.07) is 0. The van der Waals surface area contributed by atoms with Crippen molar-refractivity contribution in [2.45, 2.75) is 135 Å². The fourth-order valence-electron chi connectivity index (χ4n) is 3.82. The van der Waals surface area contributed by atoms with Crippen LogP contribution >= 0.6 is 0 Å². The van der Waals surface area contributed by atoms with Crippen molar-refractivity contribution in [3.63, 3.8) is 0 Å². The molecule has 0 aliphatic rings. The summed E-state index contributed by atoms with van der Waals surface area (Å²) in [5.74, 6) is 0.875. The van der Waals surface area contributed by atoms with Crippen LogP contribution in [0.25, 0.3) is 0 Å². The molecular formula is C29H62O6S2. The minimum Gasteiger partial charge on any atom is -0.391 e. The highest BCUT2D eigenvalue weighted by Crippen LogP contribution is 2.09. The van der Waals surface area contributed by atoms with Crippen LogP contribution in [0.5, 0.6) is 0 Å². The summed E-state index contributed by atoms with van der Waals surface area (Å²) in [6.07, 6.45) is 23.4. The van der Waals surface area contributed by atoms with Crippen LogP contribution in [0.1, 0.15) is 123 Å². The zero-order chi connectivity index (χ0) is 28.0. The molecule has 0 bridgehead atoms. The third-order valence-corrected chi connectivity index (χ3v) is 7.74. The number of aliphatic hydroxyl groups excluding tert-OH is 2. The third kappa shape index (κ3) is 38.4. The van der Waals surface area contributed by atoms with Gasteiger partial charge < -0.3 is 19.7 Å². The van der Waals surface area contributed by atoms with Gasteiger partial charge in [-0.15, -0.1) is 0 Å². The Hall–Kier alpha value is 0.140. The first-order valence-electron chi connectivity index (χ1n) is 14.9. The first-order chi connectivity index (χ1) is 17.8. The maximum Gasteiger partial charge on any atom is 0.0888 e. The first kappa shape index (κ1) is 39.3. The number of rotatable bonds is 27. The molecule has 0 radical (unpaired) electrons. The van der Waals surface area contributed by atoms with Gasteiger partial charge in [0.15, 0.2) is 0 Å². The largest absolute Gasteiger partial charge is 0.391 e. The van der Waals surface area contributed by atoms with Crippen LogP contribution in [0, 0.1) is 0 Å². The number of unbranched alkanes of at least 4 members (excludes halogenated alkanes) is 14. The molecule has 0 fully saturated rings. The van der Waals surface area contributed by atoms with Gasteiger partial charge in [0.1, 0.15) is 0 Å². The monoisotopic (exact) mass is 570 g/mol. The van der Waals surface area contributed by atoms with Gasteiger partial charge in [0, 0.05) is 53.1 Å². The molecular weight excluding hydrogens is 508 g/mol. The normalized spacial score (nSPS) is 14.5. The standard InChI is InChI=1S/C15H32O3S.C14H30O3S/c1-3-4-5-6-7-8-9-10-12-18-14-15(16)11-13-19(2)17;1-3-4-5-6-7-8-9-10-11-17-12-14(15)13-18(2)16/h15-16H,3-14H2,1-2H3;14-15H,3-13H2,1-2H3. The molecule has 0 aromatic rings. The Morgan fingerprint density at radius 1 is 0.568 bits per heavy atom. The molecule has 0 spiro atoms. The van der Waals surface area contributed by atoms with E-state index in [0.717, 1.165) is 19.4 Å². The molecule has 226 valence electrons. The smallest absolute Gasteiger partial charge is 0.0888 e. The molecule has 0 aliphatic heterocycles. The van der Waals surface area contributed by atoms with Crippen LogP contribution in [0.4, 0.5) is 0 Å². The van der Waals surface area contributed by atoms with Crippen molar-refractivity contribution in [2.24, 2.45) is 0 Å². The van der Waals surface area contributed by atoms with E-state index in [0.29, 0.717) is 37.7 Å². The minimum absolute atomic E-state index is 0.316. The van der Waals surface area contributed by atoms with Crippen molar-refractivity contribution in [1.29, 1.82) is 0 Å². The summed E-state index contributed by atoms with van der Waals surface area (Å²) >= 11 is 0. The Bertz CT molecular complexity index is 493. The summed E-state index contributed by atoms with van der Waals surface area (Å²) in [4.78, 5) is 0. The Morgan fingerprint density at radius 3 is 1.32 bits per heavy atom. The van der Waals surface area contributed by atoms with Gasteiger partial charge >= 0.3 is 0 Å². The highest BCUT2D eigenvalue weighted by molar-refractivity contribution is 7.84. The van der Waals surface area contributed by atoms with Crippen molar-refractivity contribution in [3.05, 3.63) is 0 Å². The molecule has 6 nitrogen and oxygen atoms in total. The van der Waals surface area contributed by atoms with Crippen molar-refractivity contribution in [2.75, 3.05) is 50.4 Å². The second kappa shape index (κ2) is 32.4. The first-order valence-corrected chi connectivity index (χ1v) is 18.4. The highest BCUT2D eigenvalue weighted by Gasteiger charge is 2.06. The lowest BCUT2D eigenvalue weighted by molar-refractivity contribution is 0.0339. The SMILES string of the molecule is CCCCCCCCCCOCC(O)CCS(C)=O.CCCCCCCCCCOCC(O)CS(C)=O. The van der Waals surface area contributed by atoms with E-state index in [1.54, 1.807) is 12.5 Å². The molecule has 37 heavy (non-hydrogen) atoms. The van der Waals surface area contributed by atoms with Gasteiger partial charge in [0.05, 0.1) is 31.2 Å². The van der Waals surface area contributed by atoms with Crippen LogP contribution in [0.2, 0.25) is 0 Å². The number of hydrogen-bond donors (Lipinski definition) is 2. The summed E-state index contributed by atoms with van der Waals surface area (Å²) < 4.78 is 32.5. The number of ether oxygens (including phenoxy) is 2. The van der Waals surface area contributed by atoms with E-state index in [1.165, 1.54) is 89.9 Å². The number of aliphatic hydroxyl groups is 2. The second-order valence-corrected chi connectivity index (χ2v) is 13.2. The van der Waals surface area contributed by atoms with Gasteiger partial charge in [-0.25, -0.2) is 0 Å². The summed E-state index contributed by atoms with van der Waals surface area (Å²) in [7, 11) is -1.76. The Morgan fingerprint density at radius 2 is 0.946 bits per heavy atom. The number of hydrogen-bond acceptors (Lipinski definition) is 6. The molecule has 4 atom stereocenters. The third-order valence-electron chi connectivity index (χ3n) is 6.07. The summed E-state index contributed by atoms with van der Waals surface area (Å²) in [6.45, 7) is 6.62. The van der Waals surface area contributed by atoms with Gasteiger partial charge in [-0.2, -0.15) is 0 Å². The topological polar surface area (TPSA) is 93.1 Å². The Labute approximate surface area is 235 Å². The van der Waals surface area contributed by atoms with Gasteiger partial charge in [0.2, 0.25) is 0 Å². The molecule has 0 aromatic carbocycles. The zero-order valence-corrected chi connectivity index (χ0v) is 26.4. The molecule has 0 heterocycles. The van der Waals surface area contributed by atoms with E-state index in [-0.39, 0.29) is 0 Å². The van der Waals surface area contributed by atoms with Crippen molar-refractivity contribution in [1.82, 2.24) is 0 Å². The highest BCUT2D eigenvalue weighted by atomic mass is 32.2. The van der Waals surface area contributed by atoms with Crippen molar-refractivity contribution < 1.29 is 28.1 Å². The van der Waals surface area contributed by atoms with Crippen LogP contribution in [0.3, 0.4) is 0 Å². The fourth-order valence-corrected chi connectivity index (χ4v) is 5.06. The molecule has 0 saturated carbocycles. The molecule has 0 aromatic heterocycles. The van der Waals surface area contributed by atoms with Crippen LogP contribution < -0.4 is 0 Å². The van der Waals surface area contributed by atoms with Gasteiger partial charge in [-0.3, -0.25) is 8.42 Å². The Balaban J connectivity index is 0. The molecule has 8 heteroatoms. The lowest BCUT2D eigenvalue weighted by Gasteiger charge is -2.10. The quantitative estimate of drug-likeness (QED) is 0.115. The lowest BCUT2D eigenvalue weighted by Crippen LogP contribution is -2.22. The molecule has 2 N–H and O–H groups in total. The van der Waals surface area contributed by atoms with Crippen LogP contribution in [-0.2, 0) is 31.1 Å². The predicted molar refractivity (Wildman–Crippen MR) is 161 cm³/mol. The molecule has 0 amide bonds. The van der Waals surface area contributed by atoms with Crippen LogP contribution in [-0.4, -0.2) is 81.3 Å². The maximum absolute atomic E-state index is 10.8. The minimum atomic E-state index is -0.940. The summed E-state index contributed by atoms with van der Waals surface area (Å²) in [5.41, 5.74) is 0. The van der Waals surface area contributed by atoms with E-state index in [4.69, 9.17) is 9.47 Å². The Kier molecular flexibility index (Phi) is 34.3. The van der Waals surface area contributed by atoms with E-state index in [2.05, 4.69) is 13.8 Å². The average Bonchev–Trinajstić information content (AvgIpc) is 2.85. The average molecular weight is 571 g/mol. The van der Waals surface area contributed by atoms with Crippen molar-refractivity contribution >= 4 is 21.6 Å². The lowest BCUT2D eigenvalue weighted by atomic mass is 10.1.